The topological polar surface area (TPSA) is 24.9 Å². The molecule has 0 amide bonds. The van der Waals surface area contributed by atoms with E-state index >= 15 is 0 Å². The third-order valence-corrected chi connectivity index (χ3v) is 3.69. The largest absolute Gasteiger partial charge is 0.313 e. The maximum absolute atomic E-state index is 4.18. The standard InChI is InChI=1S/C18H24N2/c1-3-6-15-7-4-9-17(13-15)18(19-2)11-10-16-8-5-12-20-14-16/h4-5,7-9,12-14,18-19H,3,6,10-11H2,1-2H3. The van der Waals surface area contributed by atoms with Crippen LogP contribution in [0.5, 0.6) is 0 Å². The molecule has 20 heavy (non-hydrogen) atoms. The van der Waals surface area contributed by atoms with Crippen molar-refractivity contribution in [2.45, 2.75) is 38.6 Å². The third kappa shape index (κ3) is 4.17. The van der Waals surface area contributed by atoms with E-state index in [4.69, 9.17) is 0 Å². The van der Waals surface area contributed by atoms with Crippen LogP contribution >= 0.6 is 0 Å². The maximum Gasteiger partial charge on any atom is 0.0320 e. The van der Waals surface area contributed by atoms with Gasteiger partial charge in [0, 0.05) is 18.4 Å². The Bertz CT molecular complexity index is 508. The van der Waals surface area contributed by atoms with E-state index in [1.54, 1.807) is 0 Å². The molecule has 1 heterocycles. The van der Waals surface area contributed by atoms with Crippen LogP contribution in [0.4, 0.5) is 0 Å². The van der Waals surface area contributed by atoms with Crippen molar-refractivity contribution < 1.29 is 0 Å². The highest BCUT2D eigenvalue weighted by Crippen LogP contribution is 2.20. The fourth-order valence-corrected chi connectivity index (χ4v) is 2.59. The fraction of sp³-hybridized carbons (Fsp3) is 0.389. The predicted octanol–water partition coefficient (Wildman–Crippen LogP) is 3.93. The highest BCUT2D eigenvalue weighted by molar-refractivity contribution is 5.26. The quantitative estimate of drug-likeness (QED) is 0.823. The summed E-state index contributed by atoms with van der Waals surface area (Å²) in [5.74, 6) is 0. The first-order chi connectivity index (χ1) is 9.83. The summed E-state index contributed by atoms with van der Waals surface area (Å²) >= 11 is 0. The second kappa shape index (κ2) is 7.81. The summed E-state index contributed by atoms with van der Waals surface area (Å²) in [7, 11) is 2.04. The van der Waals surface area contributed by atoms with Crippen molar-refractivity contribution in [1.29, 1.82) is 0 Å². The van der Waals surface area contributed by atoms with E-state index in [1.165, 1.54) is 23.1 Å². The van der Waals surface area contributed by atoms with E-state index in [-0.39, 0.29) is 0 Å². The highest BCUT2D eigenvalue weighted by atomic mass is 14.9. The first-order valence-electron chi connectivity index (χ1n) is 7.48. The molecule has 1 aromatic carbocycles. The molecule has 2 rings (SSSR count). The van der Waals surface area contributed by atoms with E-state index < -0.39 is 0 Å². The summed E-state index contributed by atoms with van der Waals surface area (Å²) in [6, 6.07) is 13.5. The molecule has 0 aliphatic carbocycles. The zero-order chi connectivity index (χ0) is 14.2. The van der Waals surface area contributed by atoms with Gasteiger partial charge in [0.05, 0.1) is 0 Å². The molecule has 0 radical (unpaired) electrons. The van der Waals surface area contributed by atoms with Crippen LogP contribution in [0.15, 0.2) is 48.8 Å². The lowest BCUT2D eigenvalue weighted by molar-refractivity contribution is 0.548. The lowest BCUT2D eigenvalue weighted by atomic mass is 9.97. The second-order valence-corrected chi connectivity index (χ2v) is 5.24. The van der Waals surface area contributed by atoms with Crippen molar-refractivity contribution in [3.8, 4) is 0 Å². The molecule has 0 fully saturated rings. The molecule has 1 unspecified atom stereocenters. The molecule has 1 N–H and O–H groups in total. The fourth-order valence-electron chi connectivity index (χ4n) is 2.59. The van der Waals surface area contributed by atoms with Gasteiger partial charge in [-0.15, -0.1) is 0 Å². The Kier molecular flexibility index (Phi) is 5.75. The Balaban J connectivity index is 2.02. The third-order valence-electron chi connectivity index (χ3n) is 3.69. The molecule has 0 aliphatic rings. The van der Waals surface area contributed by atoms with Crippen LogP contribution in [0.25, 0.3) is 0 Å². The van der Waals surface area contributed by atoms with Crippen molar-refractivity contribution in [1.82, 2.24) is 10.3 Å². The van der Waals surface area contributed by atoms with Gasteiger partial charge < -0.3 is 5.32 Å². The van der Waals surface area contributed by atoms with Crippen molar-refractivity contribution >= 4 is 0 Å². The number of nitrogens with zero attached hydrogens (tertiary/aromatic N) is 1. The molecule has 2 aromatic rings. The first kappa shape index (κ1) is 14.7. The van der Waals surface area contributed by atoms with Gasteiger partial charge in [0.1, 0.15) is 0 Å². The average Bonchev–Trinajstić information content (AvgIpc) is 2.50. The lowest BCUT2D eigenvalue weighted by Gasteiger charge is -2.17. The second-order valence-electron chi connectivity index (χ2n) is 5.24. The maximum atomic E-state index is 4.18. The highest BCUT2D eigenvalue weighted by Gasteiger charge is 2.09. The van der Waals surface area contributed by atoms with Gasteiger partial charge in [-0.1, -0.05) is 43.7 Å². The minimum Gasteiger partial charge on any atom is -0.313 e. The number of hydrogen-bond donors (Lipinski definition) is 1. The molecule has 2 nitrogen and oxygen atoms in total. The van der Waals surface area contributed by atoms with Crippen LogP contribution in [0.2, 0.25) is 0 Å². The van der Waals surface area contributed by atoms with Gasteiger partial charge in [0.2, 0.25) is 0 Å². The summed E-state index contributed by atoms with van der Waals surface area (Å²) in [6.45, 7) is 2.23. The van der Waals surface area contributed by atoms with Crippen LogP contribution in [0.1, 0.15) is 42.5 Å². The zero-order valence-corrected chi connectivity index (χ0v) is 12.5. The minimum absolute atomic E-state index is 0.409. The van der Waals surface area contributed by atoms with Gasteiger partial charge in [-0.3, -0.25) is 4.98 Å². The zero-order valence-electron chi connectivity index (χ0n) is 12.5. The van der Waals surface area contributed by atoms with Gasteiger partial charge in [-0.25, -0.2) is 0 Å². The Labute approximate surface area is 122 Å². The van der Waals surface area contributed by atoms with Crippen LogP contribution in [0, 0.1) is 0 Å². The van der Waals surface area contributed by atoms with Gasteiger partial charge in [-0.05, 0) is 49.1 Å². The molecular weight excluding hydrogens is 244 g/mol. The van der Waals surface area contributed by atoms with Crippen molar-refractivity contribution in [3.63, 3.8) is 0 Å². The van der Waals surface area contributed by atoms with E-state index in [9.17, 15) is 0 Å². The number of pyridine rings is 1. The van der Waals surface area contributed by atoms with Crippen LogP contribution in [-0.2, 0) is 12.8 Å². The molecule has 0 saturated carbocycles. The summed E-state index contributed by atoms with van der Waals surface area (Å²) in [4.78, 5) is 4.18. The van der Waals surface area contributed by atoms with Crippen molar-refractivity contribution in [3.05, 3.63) is 65.5 Å². The molecule has 1 aromatic heterocycles. The Hall–Kier alpha value is -1.67. The number of benzene rings is 1. The van der Waals surface area contributed by atoms with E-state index in [1.807, 2.05) is 25.5 Å². The van der Waals surface area contributed by atoms with Crippen molar-refractivity contribution in [2.75, 3.05) is 7.05 Å². The summed E-state index contributed by atoms with van der Waals surface area (Å²) in [5.41, 5.74) is 4.13. The normalized spacial score (nSPS) is 12.3. The van der Waals surface area contributed by atoms with Gasteiger partial charge in [0.25, 0.3) is 0 Å². The summed E-state index contributed by atoms with van der Waals surface area (Å²) < 4.78 is 0. The number of rotatable bonds is 7. The first-order valence-corrected chi connectivity index (χ1v) is 7.48. The molecule has 1 atom stereocenters. The SMILES string of the molecule is CCCc1cccc(C(CCc2cccnc2)NC)c1. The van der Waals surface area contributed by atoms with E-state index in [0.717, 1.165) is 19.3 Å². The Morgan fingerprint density at radius 2 is 1.95 bits per heavy atom. The van der Waals surface area contributed by atoms with Gasteiger partial charge in [-0.2, -0.15) is 0 Å². The molecule has 0 aliphatic heterocycles. The molecular formula is C18H24N2. The van der Waals surface area contributed by atoms with E-state index in [0.29, 0.717) is 6.04 Å². The van der Waals surface area contributed by atoms with Crippen molar-refractivity contribution in [2.24, 2.45) is 0 Å². The number of hydrogen-bond acceptors (Lipinski definition) is 2. The number of nitrogens with one attached hydrogen (secondary N) is 1. The van der Waals surface area contributed by atoms with Crippen LogP contribution in [-0.4, -0.2) is 12.0 Å². The predicted molar refractivity (Wildman–Crippen MR) is 84.8 cm³/mol. The van der Waals surface area contributed by atoms with Crippen LogP contribution < -0.4 is 5.32 Å². The molecule has 0 spiro atoms. The van der Waals surface area contributed by atoms with Gasteiger partial charge in [0.15, 0.2) is 0 Å². The average molecular weight is 268 g/mol. The summed E-state index contributed by atoms with van der Waals surface area (Å²) in [5, 5.41) is 3.44. The minimum atomic E-state index is 0.409. The lowest BCUT2D eigenvalue weighted by Crippen LogP contribution is -2.17. The molecule has 106 valence electrons. The Morgan fingerprint density at radius 3 is 2.65 bits per heavy atom. The summed E-state index contributed by atoms with van der Waals surface area (Å²) in [6.07, 6.45) is 8.29. The number of aromatic nitrogens is 1. The monoisotopic (exact) mass is 268 g/mol. The molecule has 0 saturated heterocycles. The van der Waals surface area contributed by atoms with Crippen LogP contribution in [0.3, 0.4) is 0 Å². The molecule has 2 heteroatoms. The molecule has 0 bridgehead atoms. The Morgan fingerprint density at radius 1 is 1.10 bits per heavy atom. The van der Waals surface area contributed by atoms with E-state index in [2.05, 4.69) is 47.6 Å². The smallest absolute Gasteiger partial charge is 0.0320 e. The van der Waals surface area contributed by atoms with Gasteiger partial charge >= 0.3 is 0 Å². The number of aryl methyl sites for hydroxylation is 2.